The number of carbonyl (C=O) groups is 2. The molecule has 0 aliphatic rings. The van der Waals surface area contributed by atoms with Crippen LogP contribution in [0.5, 0.6) is 0 Å². The van der Waals surface area contributed by atoms with Crippen molar-refractivity contribution in [1.29, 1.82) is 0 Å². The molecule has 0 aromatic heterocycles. The first-order valence-electron chi connectivity index (χ1n) is 10.9. The van der Waals surface area contributed by atoms with Crippen molar-refractivity contribution in [1.82, 2.24) is 10.2 Å². The summed E-state index contributed by atoms with van der Waals surface area (Å²) in [5.74, 6) is -1.01. The molecule has 2 aromatic carbocycles. The maximum absolute atomic E-state index is 13.7. The topological polar surface area (TPSA) is 86.8 Å². The van der Waals surface area contributed by atoms with E-state index in [4.69, 9.17) is 58.0 Å². The van der Waals surface area contributed by atoms with Crippen LogP contribution < -0.4 is 9.62 Å². The van der Waals surface area contributed by atoms with Gasteiger partial charge in [0.2, 0.25) is 21.8 Å². The van der Waals surface area contributed by atoms with Gasteiger partial charge >= 0.3 is 0 Å². The molecule has 2 amide bonds. The molecule has 2 rings (SSSR count). The number of amides is 2. The largest absolute Gasteiger partial charge is 0.354 e. The molecule has 13 heteroatoms. The molecule has 0 saturated carbocycles. The highest BCUT2D eigenvalue weighted by molar-refractivity contribution is 7.92. The molecule has 1 atom stereocenters. The number of carbonyl (C=O) groups excluding carboxylic acids is 2. The quantitative estimate of drug-likeness (QED) is 0.311. The standard InChI is InChI=1S/C23H26Cl5N3O4S/c1-4-8-29-23(33)20(5-2)30(12-14-6-7-15(24)9-16(14)25)22(32)13-31(36(3,34)35)21-11-18(27)17(26)10-19(21)28/h6-7,9-11,20H,4-5,8,12-13H2,1-3H3,(H,29,33)/t20-/m0/s1. The maximum Gasteiger partial charge on any atom is 0.244 e. The molecule has 0 aliphatic carbocycles. The highest BCUT2D eigenvalue weighted by Gasteiger charge is 2.32. The van der Waals surface area contributed by atoms with Crippen molar-refractivity contribution in [2.75, 3.05) is 23.7 Å². The Kier molecular flexibility index (Phi) is 11.5. The zero-order valence-corrected chi connectivity index (χ0v) is 24.4. The van der Waals surface area contributed by atoms with Gasteiger partial charge in [0.1, 0.15) is 12.6 Å². The number of anilines is 1. The van der Waals surface area contributed by atoms with E-state index in [0.29, 0.717) is 28.6 Å². The molecule has 2 aromatic rings. The van der Waals surface area contributed by atoms with Crippen LogP contribution >= 0.6 is 58.0 Å². The maximum atomic E-state index is 13.7. The molecular weight excluding hydrogens is 592 g/mol. The Morgan fingerprint density at radius 1 is 0.944 bits per heavy atom. The van der Waals surface area contributed by atoms with E-state index in [1.807, 2.05) is 6.92 Å². The number of nitrogens with zero attached hydrogens (tertiary/aromatic N) is 2. The summed E-state index contributed by atoms with van der Waals surface area (Å²) in [4.78, 5) is 27.9. The van der Waals surface area contributed by atoms with Crippen LogP contribution in [0.4, 0.5) is 5.69 Å². The van der Waals surface area contributed by atoms with Crippen LogP contribution in [0.1, 0.15) is 32.3 Å². The lowest BCUT2D eigenvalue weighted by atomic mass is 10.1. The second-order valence-corrected chi connectivity index (χ2v) is 11.9. The van der Waals surface area contributed by atoms with Gasteiger partial charge in [0.15, 0.2) is 0 Å². The number of hydrogen-bond acceptors (Lipinski definition) is 4. The summed E-state index contributed by atoms with van der Waals surface area (Å²) in [6.07, 6.45) is 1.92. The van der Waals surface area contributed by atoms with Gasteiger partial charge in [0, 0.05) is 23.1 Å². The zero-order valence-electron chi connectivity index (χ0n) is 19.8. The molecule has 0 heterocycles. The van der Waals surface area contributed by atoms with Gasteiger partial charge in [-0.2, -0.15) is 0 Å². The third-order valence-corrected chi connectivity index (χ3v) is 7.97. The molecule has 36 heavy (non-hydrogen) atoms. The van der Waals surface area contributed by atoms with Crippen molar-refractivity contribution in [3.05, 3.63) is 61.0 Å². The number of halogens is 5. The first-order chi connectivity index (χ1) is 16.8. The third kappa shape index (κ3) is 8.04. The Balaban J connectivity index is 2.53. The van der Waals surface area contributed by atoms with Gasteiger partial charge in [-0.3, -0.25) is 13.9 Å². The van der Waals surface area contributed by atoms with Crippen molar-refractivity contribution in [3.8, 4) is 0 Å². The van der Waals surface area contributed by atoms with Crippen LogP contribution in [0.25, 0.3) is 0 Å². The van der Waals surface area contributed by atoms with Crippen molar-refractivity contribution in [3.63, 3.8) is 0 Å². The smallest absolute Gasteiger partial charge is 0.244 e. The highest BCUT2D eigenvalue weighted by atomic mass is 35.5. The lowest BCUT2D eigenvalue weighted by Gasteiger charge is -2.33. The van der Waals surface area contributed by atoms with Crippen LogP contribution in [0.3, 0.4) is 0 Å². The summed E-state index contributed by atoms with van der Waals surface area (Å²) >= 11 is 30.7. The second kappa shape index (κ2) is 13.4. The van der Waals surface area contributed by atoms with Gasteiger partial charge < -0.3 is 10.2 Å². The van der Waals surface area contributed by atoms with E-state index in [2.05, 4.69) is 5.32 Å². The predicted octanol–water partition coefficient (Wildman–Crippen LogP) is 6.05. The first kappa shape index (κ1) is 30.8. The molecule has 0 unspecified atom stereocenters. The summed E-state index contributed by atoms with van der Waals surface area (Å²) in [6, 6.07) is 6.46. The van der Waals surface area contributed by atoms with E-state index in [1.54, 1.807) is 19.1 Å². The van der Waals surface area contributed by atoms with Gasteiger partial charge in [-0.25, -0.2) is 8.42 Å². The summed E-state index contributed by atoms with van der Waals surface area (Å²) in [5, 5.41) is 3.68. The molecule has 1 N–H and O–H groups in total. The number of sulfonamides is 1. The Bertz CT molecular complexity index is 1230. The first-order valence-corrected chi connectivity index (χ1v) is 14.7. The monoisotopic (exact) mass is 615 g/mol. The van der Waals surface area contributed by atoms with Gasteiger partial charge in [0.25, 0.3) is 0 Å². The number of rotatable bonds is 11. The molecule has 0 fully saturated rings. The molecular formula is C23H26Cl5N3O4S. The lowest BCUT2D eigenvalue weighted by Crippen LogP contribution is -2.52. The van der Waals surface area contributed by atoms with Gasteiger partial charge in [-0.15, -0.1) is 0 Å². The fourth-order valence-electron chi connectivity index (χ4n) is 3.42. The summed E-state index contributed by atoms with van der Waals surface area (Å²) in [6.45, 7) is 3.39. The van der Waals surface area contributed by atoms with E-state index in [-0.39, 0.29) is 39.6 Å². The minimum atomic E-state index is -4.00. The fourth-order valence-corrected chi connectivity index (χ4v) is 5.43. The normalized spacial score (nSPS) is 12.2. The number of nitrogens with one attached hydrogen (secondary N) is 1. The van der Waals surface area contributed by atoms with Gasteiger partial charge in [0.05, 0.1) is 27.0 Å². The Labute approximate surface area is 236 Å². The van der Waals surface area contributed by atoms with E-state index in [9.17, 15) is 18.0 Å². The van der Waals surface area contributed by atoms with Crippen LogP contribution in [0, 0.1) is 0 Å². The van der Waals surface area contributed by atoms with Crippen molar-refractivity contribution < 1.29 is 18.0 Å². The summed E-state index contributed by atoms with van der Waals surface area (Å²) in [7, 11) is -4.00. The minimum absolute atomic E-state index is 0.0114. The molecule has 0 radical (unpaired) electrons. The minimum Gasteiger partial charge on any atom is -0.354 e. The zero-order chi connectivity index (χ0) is 27.2. The Morgan fingerprint density at radius 3 is 2.14 bits per heavy atom. The molecule has 0 bridgehead atoms. The number of hydrogen-bond donors (Lipinski definition) is 1. The van der Waals surface area contributed by atoms with E-state index in [1.165, 1.54) is 23.1 Å². The predicted molar refractivity (Wildman–Crippen MR) is 148 cm³/mol. The van der Waals surface area contributed by atoms with E-state index < -0.39 is 28.5 Å². The van der Waals surface area contributed by atoms with Crippen LogP contribution in [-0.4, -0.2) is 50.5 Å². The summed E-state index contributed by atoms with van der Waals surface area (Å²) < 4.78 is 26.2. The molecule has 198 valence electrons. The van der Waals surface area contributed by atoms with Crippen LogP contribution in [0.15, 0.2) is 30.3 Å². The lowest BCUT2D eigenvalue weighted by molar-refractivity contribution is -0.140. The van der Waals surface area contributed by atoms with Crippen molar-refractivity contribution in [2.45, 2.75) is 39.3 Å². The summed E-state index contributed by atoms with van der Waals surface area (Å²) in [5.41, 5.74) is 0.518. The van der Waals surface area contributed by atoms with Crippen LogP contribution in [0.2, 0.25) is 25.1 Å². The van der Waals surface area contributed by atoms with Crippen LogP contribution in [-0.2, 0) is 26.2 Å². The molecule has 7 nitrogen and oxygen atoms in total. The third-order valence-electron chi connectivity index (χ3n) is 5.23. The SMILES string of the molecule is CCCNC(=O)[C@H](CC)N(Cc1ccc(Cl)cc1Cl)C(=O)CN(c1cc(Cl)c(Cl)cc1Cl)S(C)(=O)=O. The Morgan fingerprint density at radius 2 is 1.58 bits per heavy atom. The van der Waals surface area contributed by atoms with E-state index >= 15 is 0 Å². The van der Waals surface area contributed by atoms with Gasteiger partial charge in [-0.1, -0.05) is 77.9 Å². The Hall–Kier alpha value is -1.42. The number of benzene rings is 2. The molecule has 0 aliphatic heterocycles. The van der Waals surface area contributed by atoms with E-state index in [0.717, 1.165) is 10.6 Å². The van der Waals surface area contributed by atoms with Crippen molar-refractivity contribution in [2.24, 2.45) is 0 Å². The highest BCUT2D eigenvalue weighted by Crippen LogP contribution is 2.36. The van der Waals surface area contributed by atoms with Crippen molar-refractivity contribution >= 4 is 85.5 Å². The average molecular weight is 618 g/mol. The second-order valence-electron chi connectivity index (χ2n) is 7.96. The molecule has 0 saturated heterocycles. The van der Waals surface area contributed by atoms with Gasteiger partial charge in [-0.05, 0) is 42.7 Å². The average Bonchev–Trinajstić information content (AvgIpc) is 2.79. The fraction of sp³-hybridized carbons (Fsp3) is 0.391. The molecule has 0 spiro atoms.